The van der Waals surface area contributed by atoms with Crippen molar-refractivity contribution in [2.75, 3.05) is 12.5 Å². The number of aliphatic carboxylic acids is 1. The first kappa shape index (κ1) is 12.9. The standard InChI is InChI=1S/C14H14N4O4/c15-14-16-12-8(2-3-9(13(19)20)18(12)17-14)7-1-4-10-11(5-7)22-6-21-10/h1,4-5,8-9H,2-3,6H2,(H2,15,17)(H,19,20). The Morgan fingerprint density at radius 2 is 2.14 bits per heavy atom. The van der Waals surface area contributed by atoms with E-state index in [0.717, 1.165) is 5.56 Å². The number of hydrogen-bond donors (Lipinski definition) is 2. The summed E-state index contributed by atoms with van der Waals surface area (Å²) in [6, 6.07) is 4.98. The largest absolute Gasteiger partial charge is 0.480 e. The Balaban J connectivity index is 1.76. The van der Waals surface area contributed by atoms with Crippen LogP contribution in [0.25, 0.3) is 0 Å². The number of anilines is 1. The third-order valence-electron chi connectivity index (χ3n) is 4.09. The lowest BCUT2D eigenvalue weighted by Gasteiger charge is -2.26. The summed E-state index contributed by atoms with van der Waals surface area (Å²) in [5, 5.41) is 13.4. The van der Waals surface area contributed by atoms with Crippen LogP contribution in [0.2, 0.25) is 0 Å². The Labute approximate surface area is 125 Å². The molecule has 0 saturated heterocycles. The maximum atomic E-state index is 11.4. The molecule has 2 aromatic rings. The Kier molecular flexibility index (Phi) is 2.72. The number of nitrogens with zero attached hydrogens (tertiary/aromatic N) is 3. The van der Waals surface area contributed by atoms with Crippen LogP contribution in [0.1, 0.15) is 36.2 Å². The lowest BCUT2D eigenvalue weighted by atomic mass is 9.88. The number of fused-ring (bicyclic) bond motifs is 2. The quantitative estimate of drug-likeness (QED) is 0.855. The van der Waals surface area contributed by atoms with Gasteiger partial charge in [0.15, 0.2) is 17.5 Å². The molecular formula is C14H14N4O4. The average molecular weight is 302 g/mol. The highest BCUT2D eigenvalue weighted by molar-refractivity contribution is 5.72. The van der Waals surface area contributed by atoms with E-state index in [0.29, 0.717) is 30.2 Å². The van der Waals surface area contributed by atoms with Crippen LogP contribution in [0.4, 0.5) is 5.95 Å². The highest BCUT2D eigenvalue weighted by Crippen LogP contribution is 2.41. The molecule has 0 spiro atoms. The second-order valence-corrected chi connectivity index (χ2v) is 5.37. The predicted octanol–water partition coefficient (Wildman–Crippen LogP) is 1.14. The smallest absolute Gasteiger partial charge is 0.328 e. The molecule has 0 radical (unpaired) electrons. The lowest BCUT2D eigenvalue weighted by molar-refractivity contribution is -0.141. The van der Waals surface area contributed by atoms with Gasteiger partial charge in [0.25, 0.3) is 0 Å². The summed E-state index contributed by atoms with van der Waals surface area (Å²) in [4.78, 5) is 15.6. The van der Waals surface area contributed by atoms with Crippen molar-refractivity contribution in [1.29, 1.82) is 0 Å². The molecule has 0 fully saturated rings. The van der Waals surface area contributed by atoms with Crippen molar-refractivity contribution in [2.24, 2.45) is 0 Å². The molecule has 0 amide bonds. The van der Waals surface area contributed by atoms with E-state index >= 15 is 0 Å². The number of carboxylic acid groups (broad SMARTS) is 1. The molecule has 114 valence electrons. The van der Waals surface area contributed by atoms with Crippen molar-refractivity contribution in [3.05, 3.63) is 29.6 Å². The van der Waals surface area contributed by atoms with E-state index < -0.39 is 12.0 Å². The van der Waals surface area contributed by atoms with Gasteiger partial charge >= 0.3 is 5.97 Å². The molecule has 2 atom stereocenters. The molecule has 0 bridgehead atoms. The molecular weight excluding hydrogens is 288 g/mol. The minimum absolute atomic E-state index is 0.0603. The van der Waals surface area contributed by atoms with Gasteiger partial charge in [-0.1, -0.05) is 6.07 Å². The topological polar surface area (TPSA) is 112 Å². The van der Waals surface area contributed by atoms with Crippen molar-refractivity contribution in [2.45, 2.75) is 24.8 Å². The fourth-order valence-corrected chi connectivity index (χ4v) is 3.07. The molecule has 0 saturated carbocycles. The normalized spacial score (nSPS) is 22.4. The summed E-state index contributed by atoms with van der Waals surface area (Å²) in [6.45, 7) is 0.216. The number of benzene rings is 1. The van der Waals surface area contributed by atoms with Crippen LogP contribution in [-0.4, -0.2) is 32.6 Å². The van der Waals surface area contributed by atoms with Gasteiger partial charge in [0.2, 0.25) is 12.7 Å². The van der Waals surface area contributed by atoms with Gasteiger partial charge in [-0.2, -0.15) is 4.98 Å². The predicted molar refractivity (Wildman–Crippen MR) is 74.7 cm³/mol. The van der Waals surface area contributed by atoms with E-state index in [1.54, 1.807) is 0 Å². The molecule has 3 N–H and O–H groups in total. The number of ether oxygens (including phenoxy) is 2. The van der Waals surface area contributed by atoms with Crippen molar-refractivity contribution < 1.29 is 19.4 Å². The Hall–Kier alpha value is -2.77. The van der Waals surface area contributed by atoms with E-state index in [1.165, 1.54) is 4.68 Å². The van der Waals surface area contributed by atoms with Gasteiger partial charge in [-0.3, -0.25) is 0 Å². The van der Waals surface area contributed by atoms with Crippen LogP contribution >= 0.6 is 0 Å². The summed E-state index contributed by atoms with van der Waals surface area (Å²) < 4.78 is 12.1. The third kappa shape index (κ3) is 1.87. The minimum Gasteiger partial charge on any atom is -0.480 e. The maximum Gasteiger partial charge on any atom is 0.328 e. The number of carboxylic acids is 1. The van der Waals surface area contributed by atoms with E-state index in [2.05, 4.69) is 10.1 Å². The van der Waals surface area contributed by atoms with Gasteiger partial charge in [-0.05, 0) is 30.5 Å². The molecule has 2 aliphatic heterocycles. The van der Waals surface area contributed by atoms with Crippen LogP contribution in [0.3, 0.4) is 0 Å². The molecule has 22 heavy (non-hydrogen) atoms. The minimum atomic E-state index is -0.921. The summed E-state index contributed by atoms with van der Waals surface area (Å²) in [6.07, 6.45) is 1.14. The number of aromatic nitrogens is 3. The highest BCUT2D eigenvalue weighted by atomic mass is 16.7. The third-order valence-corrected chi connectivity index (χ3v) is 4.09. The van der Waals surface area contributed by atoms with Crippen molar-refractivity contribution in [3.8, 4) is 11.5 Å². The fraction of sp³-hybridized carbons (Fsp3) is 0.357. The Morgan fingerprint density at radius 1 is 1.32 bits per heavy atom. The number of hydrogen-bond acceptors (Lipinski definition) is 6. The van der Waals surface area contributed by atoms with Crippen molar-refractivity contribution in [1.82, 2.24) is 14.8 Å². The van der Waals surface area contributed by atoms with E-state index in [4.69, 9.17) is 15.2 Å². The number of nitrogen functional groups attached to an aromatic ring is 1. The van der Waals surface area contributed by atoms with E-state index in [9.17, 15) is 9.90 Å². The zero-order chi connectivity index (χ0) is 15.3. The molecule has 3 heterocycles. The van der Waals surface area contributed by atoms with Crippen LogP contribution in [0.5, 0.6) is 11.5 Å². The fourth-order valence-electron chi connectivity index (χ4n) is 3.07. The van der Waals surface area contributed by atoms with Gasteiger partial charge in [-0.25, -0.2) is 9.48 Å². The highest BCUT2D eigenvalue weighted by Gasteiger charge is 2.35. The monoisotopic (exact) mass is 302 g/mol. The van der Waals surface area contributed by atoms with Gasteiger partial charge in [-0.15, -0.1) is 5.10 Å². The van der Waals surface area contributed by atoms with Crippen molar-refractivity contribution >= 4 is 11.9 Å². The Bertz CT molecular complexity index is 757. The van der Waals surface area contributed by atoms with Crippen LogP contribution < -0.4 is 15.2 Å². The number of carbonyl (C=O) groups is 1. The zero-order valence-corrected chi connectivity index (χ0v) is 11.6. The number of rotatable bonds is 2. The first-order valence-electron chi connectivity index (χ1n) is 6.98. The lowest BCUT2D eigenvalue weighted by Crippen LogP contribution is -2.28. The van der Waals surface area contributed by atoms with Gasteiger partial charge in [0, 0.05) is 5.92 Å². The molecule has 2 unspecified atom stereocenters. The first-order valence-corrected chi connectivity index (χ1v) is 6.98. The molecule has 4 rings (SSSR count). The summed E-state index contributed by atoms with van der Waals surface area (Å²) in [7, 11) is 0. The molecule has 1 aromatic carbocycles. The second-order valence-electron chi connectivity index (χ2n) is 5.37. The summed E-state index contributed by atoms with van der Waals surface area (Å²) >= 11 is 0. The first-order chi connectivity index (χ1) is 10.6. The maximum absolute atomic E-state index is 11.4. The zero-order valence-electron chi connectivity index (χ0n) is 11.6. The van der Waals surface area contributed by atoms with E-state index in [1.807, 2.05) is 18.2 Å². The van der Waals surface area contributed by atoms with Gasteiger partial charge in [0.05, 0.1) is 0 Å². The van der Waals surface area contributed by atoms with Gasteiger partial charge < -0.3 is 20.3 Å². The average Bonchev–Trinajstić information content (AvgIpc) is 3.10. The number of nitrogens with two attached hydrogens (primary N) is 1. The molecule has 0 aliphatic carbocycles. The van der Waals surface area contributed by atoms with E-state index in [-0.39, 0.29) is 18.7 Å². The van der Waals surface area contributed by atoms with Crippen LogP contribution in [0.15, 0.2) is 18.2 Å². The molecule has 8 nitrogen and oxygen atoms in total. The molecule has 8 heteroatoms. The molecule has 1 aromatic heterocycles. The van der Waals surface area contributed by atoms with Crippen molar-refractivity contribution in [3.63, 3.8) is 0 Å². The molecule has 2 aliphatic rings. The summed E-state index contributed by atoms with van der Waals surface area (Å²) in [5.74, 6) is 1.09. The summed E-state index contributed by atoms with van der Waals surface area (Å²) in [5.41, 5.74) is 6.66. The SMILES string of the molecule is Nc1nc2n(n1)C(C(=O)O)CCC2c1ccc2c(c1)OCO2. The van der Waals surface area contributed by atoms with Gasteiger partial charge in [0.1, 0.15) is 5.82 Å². The van der Waals surface area contributed by atoms with Crippen LogP contribution in [0, 0.1) is 0 Å². The van der Waals surface area contributed by atoms with Crippen LogP contribution in [-0.2, 0) is 4.79 Å². The second kappa shape index (κ2) is 4.62. The Morgan fingerprint density at radius 3 is 2.95 bits per heavy atom.